The Hall–Kier alpha value is -2.73. The van der Waals surface area contributed by atoms with E-state index >= 15 is 0 Å². The van der Waals surface area contributed by atoms with Crippen LogP contribution in [0.25, 0.3) is 11.5 Å². The fourth-order valence-corrected chi connectivity index (χ4v) is 4.86. The molecule has 1 heterocycles. The molecule has 0 aliphatic carbocycles. The number of hydrogen-bond acceptors (Lipinski definition) is 5. The molecule has 2 aromatic carbocycles. The molecule has 5 nitrogen and oxygen atoms in total. The Morgan fingerprint density at radius 3 is 2.40 bits per heavy atom. The Labute approximate surface area is 178 Å². The number of hydrogen-bond donors (Lipinski definition) is 0. The Morgan fingerprint density at radius 1 is 1.03 bits per heavy atom. The normalized spacial score (nSPS) is 11.6. The first-order valence-corrected chi connectivity index (χ1v) is 11.8. The molecule has 0 radical (unpaired) electrons. The van der Waals surface area contributed by atoms with E-state index in [2.05, 4.69) is 4.98 Å². The third kappa shape index (κ3) is 5.25. The minimum atomic E-state index is -3.66. The summed E-state index contributed by atoms with van der Waals surface area (Å²) in [5.41, 5.74) is 5.27. The Bertz CT molecular complexity index is 1160. The summed E-state index contributed by atoms with van der Waals surface area (Å²) in [4.78, 5) is 16.9. The highest BCUT2D eigenvalue weighted by Crippen LogP contribution is 2.24. The van der Waals surface area contributed by atoms with Crippen LogP contribution in [0.4, 0.5) is 0 Å². The number of oxazole rings is 1. The molecule has 3 rings (SSSR count). The third-order valence-corrected chi connectivity index (χ3v) is 6.67. The van der Waals surface area contributed by atoms with Gasteiger partial charge in [0.25, 0.3) is 0 Å². The molecule has 3 aromatic rings. The molecule has 158 valence electrons. The molecule has 6 heteroatoms. The quantitative estimate of drug-likeness (QED) is 0.529. The van der Waals surface area contributed by atoms with Crippen molar-refractivity contribution < 1.29 is 17.6 Å². The Morgan fingerprint density at radius 2 is 1.73 bits per heavy atom. The smallest absolute Gasteiger partial charge is 0.226 e. The summed E-state index contributed by atoms with van der Waals surface area (Å²) in [5, 5.41) is 0. The maximum Gasteiger partial charge on any atom is 0.226 e. The summed E-state index contributed by atoms with van der Waals surface area (Å²) < 4.78 is 31.0. The summed E-state index contributed by atoms with van der Waals surface area (Å²) in [6, 6.07) is 13.5. The van der Waals surface area contributed by atoms with Crippen molar-refractivity contribution in [1.29, 1.82) is 0 Å². The molecule has 0 bridgehead atoms. The lowest BCUT2D eigenvalue weighted by atomic mass is 9.96. The standard InChI is InChI=1S/C24H27NO4S/c1-5-19-8-6-7-17(3)22(19)13-21(26)14-30(27,28)15-23-18(4)29-24(25-23)20-11-9-16(2)10-12-20/h6-12H,5,13-15H2,1-4H3. The van der Waals surface area contributed by atoms with Gasteiger partial charge in [0.1, 0.15) is 11.5 Å². The van der Waals surface area contributed by atoms with Crippen molar-refractivity contribution in [1.82, 2.24) is 4.98 Å². The molecule has 0 spiro atoms. The van der Waals surface area contributed by atoms with E-state index in [1.807, 2.05) is 63.2 Å². The van der Waals surface area contributed by atoms with E-state index in [0.29, 0.717) is 17.3 Å². The molecule has 0 N–H and O–H groups in total. The molecule has 0 amide bonds. The molecule has 0 aliphatic rings. The van der Waals surface area contributed by atoms with Crippen LogP contribution in [0.2, 0.25) is 0 Å². The van der Waals surface area contributed by atoms with Crippen molar-refractivity contribution in [3.05, 3.63) is 76.2 Å². The van der Waals surface area contributed by atoms with Gasteiger partial charge in [-0.2, -0.15) is 0 Å². The zero-order valence-corrected chi connectivity index (χ0v) is 18.7. The second-order valence-electron chi connectivity index (χ2n) is 7.70. The van der Waals surface area contributed by atoms with Crippen molar-refractivity contribution in [2.75, 3.05) is 5.75 Å². The van der Waals surface area contributed by atoms with Crippen LogP contribution in [-0.2, 0) is 33.2 Å². The van der Waals surface area contributed by atoms with Crippen molar-refractivity contribution >= 4 is 15.6 Å². The number of benzene rings is 2. The number of nitrogens with zero attached hydrogens (tertiary/aromatic N) is 1. The van der Waals surface area contributed by atoms with E-state index in [1.165, 1.54) is 0 Å². The van der Waals surface area contributed by atoms with Crippen LogP contribution in [0.15, 0.2) is 46.9 Å². The van der Waals surface area contributed by atoms with E-state index in [1.54, 1.807) is 6.92 Å². The van der Waals surface area contributed by atoms with Gasteiger partial charge in [-0.05, 0) is 56.0 Å². The molecule has 0 atom stereocenters. The number of sulfone groups is 1. The summed E-state index contributed by atoms with van der Waals surface area (Å²) in [6.07, 6.45) is 0.929. The Balaban J connectivity index is 1.73. The first-order valence-electron chi connectivity index (χ1n) is 10.0. The topological polar surface area (TPSA) is 77.2 Å². The Kier molecular flexibility index (Phi) is 6.56. The lowest BCUT2D eigenvalue weighted by Gasteiger charge is -2.11. The van der Waals surface area contributed by atoms with Crippen LogP contribution in [-0.4, -0.2) is 24.9 Å². The highest BCUT2D eigenvalue weighted by atomic mass is 32.2. The fraction of sp³-hybridized carbons (Fsp3) is 0.333. The van der Waals surface area contributed by atoms with Crippen LogP contribution in [0.5, 0.6) is 0 Å². The first kappa shape index (κ1) is 22.0. The van der Waals surface area contributed by atoms with Gasteiger partial charge in [0.2, 0.25) is 5.89 Å². The van der Waals surface area contributed by atoms with Crippen LogP contribution in [0, 0.1) is 20.8 Å². The average molecular weight is 426 g/mol. The summed E-state index contributed by atoms with van der Waals surface area (Å²) in [6.45, 7) is 7.65. The molecule has 0 fully saturated rings. The van der Waals surface area contributed by atoms with E-state index < -0.39 is 15.6 Å². The van der Waals surface area contributed by atoms with Gasteiger partial charge >= 0.3 is 0 Å². The van der Waals surface area contributed by atoms with Crippen molar-refractivity contribution in [3.8, 4) is 11.5 Å². The number of ketones is 1. The monoisotopic (exact) mass is 425 g/mol. The molecular formula is C24H27NO4S. The fourth-order valence-electron chi connectivity index (χ4n) is 3.48. The van der Waals surface area contributed by atoms with Crippen LogP contribution >= 0.6 is 0 Å². The lowest BCUT2D eigenvalue weighted by molar-refractivity contribution is -0.116. The predicted octanol–water partition coefficient (Wildman–Crippen LogP) is 4.56. The zero-order valence-electron chi connectivity index (χ0n) is 17.9. The van der Waals surface area contributed by atoms with Gasteiger partial charge < -0.3 is 4.42 Å². The highest BCUT2D eigenvalue weighted by Gasteiger charge is 2.23. The van der Waals surface area contributed by atoms with Gasteiger partial charge in [-0.1, -0.05) is 42.8 Å². The number of aryl methyl sites for hydroxylation is 4. The van der Waals surface area contributed by atoms with Gasteiger partial charge in [-0.3, -0.25) is 4.79 Å². The van der Waals surface area contributed by atoms with Gasteiger partial charge in [0, 0.05) is 12.0 Å². The van der Waals surface area contributed by atoms with E-state index in [9.17, 15) is 13.2 Å². The summed E-state index contributed by atoms with van der Waals surface area (Å²) in [5.74, 6) is -0.283. The van der Waals surface area contributed by atoms with Crippen molar-refractivity contribution in [2.45, 2.75) is 46.3 Å². The minimum Gasteiger partial charge on any atom is -0.441 e. The summed E-state index contributed by atoms with van der Waals surface area (Å²) >= 11 is 0. The minimum absolute atomic E-state index is 0.126. The second-order valence-corrected chi connectivity index (χ2v) is 9.77. The van der Waals surface area contributed by atoms with Crippen LogP contribution in [0.3, 0.4) is 0 Å². The number of carbonyl (C=O) groups excluding carboxylic acids is 1. The predicted molar refractivity (Wildman–Crippen MR) is 118 cm³/mol. The number of Topliss-reactive ketones (excluding diaryl/α,β-unsaturated/α-hetero) is 1. The molecule has 30 heavy (non-hydrogen) atoms. The number of aromatic nitrogens is 1. The van der Waals surface area contributed by atoms with Gasteiger partial charge in [0.15, 0.2) is 15.6 Å². The number of rotatable bonds is 8. The molecular weight excluding hydrogens is 398 g/mol. The molecule has 0 saturated carbocycles. The lowest BCUT2D eigenvalue weighted by Crippen LogP contribution is -2.20. The highest BCUT2D eigenvalue weighted by molar-refractivity contribution is 7.91. The van der Waals surface area contributed by atoms with Gasteiger partial charge in [-0.15, -0.1) is 0 Å². The maximum atomic E-state index is 12.7. The van der Waals surface area contributed by atoms with Crippen molar-refractivity contribution in [3.63, 3.8) is 0 Å². The van der Waals surface area contributed by atoms with Gasteiger partial charge in [0.05, 0.1) is 11.4 Å². The molecule has 0 aliphatic heterocycles. The average Bonchev–Trinajstić information content (AvgIpc) is 3.03. The first-order chi connectivity index (χ1) is 14.2. The summed E-state index contributed by atoms with van der Waals surface area (Å²) in [7, 11) is -3.66. The third-order valence-electron chi connectivity index (χ3n) is 5.19. The number of carbonyl (C=O) groups is 1. The zero-order chi connectivity index (χ0) is 21.9. The van der Waals surface area contributed by atoms with Crippen LogP contribution in [0.1, 0.15) is 40.6 Å². The van der Waals surface area contributed by atoms with E-state index in [0.717, 1.165) is 34.2 Å². The van der Waals surface area contributed by atoms with E-state index in [4.69, 9.17) is 4.42 Å². The van der Waals surface area contributed by atoms with E-state index in [-0.39, 0.29) is 18.0 Å². The van der Waals surface area contributed by atoms with Gasteiger partial charge in [-0.25, -0.2) is 13.4 Å². The molecule has 0 saturated heterocycles. The van der Waals surface area contributed by atoms with Crippen LogP contribution < -0.4 is 0 Å². The molecule has 0 unspecified atom stereocenters. The molecule has 1 aromatic heterocycles. The largest absolute Gasteiger partial charge is 0.441 e. The maximum absolute atomic E-state index is 12.7. The second kappa shape index (κ2) is 8.96. The SMILES string of the molecule is CCc1cccc(C)c1CC(=O)CS(=O)(=O)Cc1nc(-c2ccc(C)cc2)oc1C. The van der Waals surface area contributed by atoms with Crippen molar-refractivity contribution in [2.24, 2.45) is 0 Å².